The normalized spacial score (nSPS) is 12.9. The van der Waals surface area contributed by atoms with Crippen molar-refractivity contribution in [2.24, 2.45) is 5.92 Å². The van der Waals surface area contributed by atoms with E-state index in [0.29, 0.717) is 19.3 Å². The maximum atomic E-state index is 13.5. The molecule has 0 rings (SSSR count). The third kappa shape index (κ3) is 28.8. The average molecular weight is 621 g/mol. The zero-order valence-electron chi connectivity index (χ0n) is 30.7. The van der Waals surface area contributed by atoms with Gasteiger partial charge in [-0.3, -0.25) is 9.59 Å². The van der Waals surface area contributed by atoms with Crippen LogP contribution < -0.4 is 0 Å². The Kier molecular flexibility index (Phi) is 34.6. The van der Waals surface area contributed by atoms with Gasteiger partial charge in [0.25, 0.3) is 0 Å². The Morgan fingerprint density at radius 2 is 0.750 bits per heavy atom. The van der Waals surface area contributed by atoms with Crippen LogP contribution in [-0.4, -0.2) is 24.8 Å². The SMILES string of the molecule is CCCCCCCCCCCCCC(=O)CC(C(=O)CCCCCCCCCCCCC)C(CCCCCCCCC)OC. The van der Waals surface area contributed by atoms with Crippen LogP contribution in [-0.2, 0) is 14.3 Å². The molecule has 0 aliphatic rings. The van der Waals surface area contributed by atoms with Gasteiger partial charge in [0.05, 0.1) is 12.0 Å². The van der Waals surface area contributed by atoms with E-state index in [2.05, 4.69) is 20.8 Å². The van der Waals surface area contributed by atoms with Crippen LogP contribution in [0.4, 0.5) is 0 Å². The van der Waals surface area contributed by atoms with Crippen molar-refractivity contribution in [3.05, 3.63) is 0 Å². The highest BCUT2D eigenvalue weighted by molar-refractivity contribution is 5.88. The second-order valence-corrected chi connectivity index (χ2v) is 14.1. The Balaban J connectivity index is 4.48. The van der Waals surface area contributed by atoms with Crippen LogP contribution in [0.25, 0.3) is 0 Å². The van der Waals surface area contributed by atoms with E-state index in [9.17, 15) is 9.59 Å². The number of carbonyl (C=O) groups excluding carboxylic acids is 2. The van der Waals surface area contributed by atoms with Crippen molar-refractivity contribution in [1.82, 2.24) is 0 Å². The number of hydrogen-bond acceptors (Lipinski definition) is 3. The lowest BCUT2D eigenvalue weighted by atomic mass is 9.85. The van der Waals surface area contributed by atoms with Crippen LogP contribution in [0.15, 0.2) is 0 Å². The Bertz CT molecular complexity index is 601. The summed E-state index contributed by atoms with van der Waals surface area (Å²) in [5, 5.41) is 0. The lowest BCUT2D eigenvalue weighted by Crippen LogP contribution is -2.32. The molecular weight excluding hydrogens is 540 g/mol. The molecule has 0 fully saturated rings. The average Bonchev–Trinajstić information content (AvgIpc) is 3.03. The predicted molar refractivity (Wildman–Crippen MR) is 194 cm³/mol. The number of carbonyl (C=O) groups is 2. The van der Waals surface area contributed by atoms with Crippen molar-refractivity contribution in [3.63, 3.8) is 0 Å². The minimum atomic E-state index is -0.247. The number of unbranched alkanes of at least 4 members (excludes halogenated alkanes) is 26. The minimum absolute atomic E-state index is 0.105. The van der Waals surface area contributed by atoms with Gasteiger partial charge in [0, 0.05) is 26.4 Å². The first-order valence-electron chi connectivity index (χ1n) is 20.2. The summed E-state index contributed by atoms with van der Waals surface area (Å²) < 4.78 is 5.92. The van der Waals surface area contributed by atoms with Gasteiger partial charge in [0.15, 0.2) is 0 Å². The first-order chi connectivity index (χ1) is 21.6. The quantitative estimate of drug-likeness (QED) is 0.0649. The number of rotatable bonds is 37. The zero-order chi connectivity index (χ0) is 32.4. The number of methoxy groups -OCH3 is 1. The van der Waals surface area contributed by atoms with Crippen LogP contribution in [0.3, 0.4) is 0 Å². The fourth-order valence-corrected chi connectivity index (χ4v) is 6.72. The van der Waals surface area contributed by atoms with Gasteiger partial charge in [-0.05, 0) is 19.3 Å². The molecule has 0 radical (unpaired) electrons. The van der Waals surface area contributed by atoms with E-state index in [-0.39, 0.29) is 23.6 Å². The highest BCUT2D eigenvalue weighted by atomic mass is 16.5. The van der Waals surface area contributed by atoms with Gasteiger partial charge in [-0.1, -0.05) is 194 Å². The maximum absolute atomic E-state index is 13.5. The first kappa shape index (κ1) is 43.3. The lowest BCUT2D eigenvalue weighted by molar-refractivity contribution is -0.133. The molecule has 0 saturated carbocycles. The van der Waals surface area contributed by atoms with Crippen LogP contribution in [0.5, 0.6) is 0 Å². The van der Waals surface area contributed by atoms with Gasteiger partial charge in [-0.2, -0.15) is 0 Å². The number of hydrogen-bond donors (Lipinski definition) is 0. The zero-order valence-corrected chi connectivity index (χ0v) is 30.7. The van der Waals surface area contributed by atoms with E-state index in [0.717, 1.165) is 38.5 Å². The van der Waals surface area contributed by atoms with Gasteiger partial charge < -0.3 is 4.74 Å². The molecule has 0 aromatic heterocycles. The van der Waals surface area contributed by atoms with E-state index in [1.807, 2.05) is 0 Å². The van der Waals surface area contributed by atoms with E-state index < -0.39 is 0 Å². The highest BCUT2D eigenvalue weighted by Crippen LogP contribution is 2.24. The molecule has 0 amide bonds. The molecule has 2 atom stereocenters. The molecule has 0 aromatic carbocycles. The molecule has 0 N–H and O–H groups in total. The molecule has 2 unspecified atom stereocenters. The number of Topliss-reactive ketones (excluding diaryl/α,β-unsaturated/α-hetero) is 2. The summed E-state index contributed by atoms with van der Waals surface area (Å²) in [5.74, 6) is 0.311. The summed E-state index contributed by atoms with van der Waals surface area (Å²) in [7, 11) is 1.75. The number of ketones is 2. The van der Waals surface area contributed by atoms with Crippen molar-refractivity contribution >= 4 is 11.6 Å². The lowest BCUT2D eigenvalue weighted by Gasteiger charge is -2.25. The van der Waals surface area contributed by atoms with Crippen molar-refractivity contribution < 1.29 is 14.3 Å². The molecule has 0 aliphatic heterocycles. The summed E-state index contributed by atoms with van der Waals surface area (Å²) in [5.41, 5.74) is 0. The Hall–Kier alpha value is -0.700. The van der Waals surface area contributed by atoms with Crippen LogP contribution >= 0.6 is 0 Å². The highest BCUT2D eigenvalue weighted by Gasteiger charge is 2.29. The fraction of sp³-hybridized carbons (Fsp3) is 0.951. The Morgan fingerprint density at radius 1 is 0.432 bits per heavy atom. The Morgan fingerprint density at radius 3 is 1.11 bits per heavy atom. The summed E-state index contributed by atoms with van der Waals surface area (Å²) >= 11 is 0. The fourth-order valence-electron chi connectivity index (χ4n) is 6.72. The van der Waals surface area contributed by atoms with Crippen LogP contribution in [0.1, 0.15) is 233 Å². The van der Waals surface area contributed by atoms with Crippen LogP contribution in [0.2, 0.25) is 0 Å². The molecule has 262 valence electrons. The van der Waals surface area contributed by atoms with Crippen molar-refractivity contribution in [2.75, 3.05) is 7.11 Å². The smallest absolute Gasteiger partial charge is 0.139 e. The van der Waals surface area contributed by atoms with Crippen molar-refractivity contribution in [1.29, 1.82) is 0 Å². The monoisotopic (exact) mass is 621 g/mol. The van der Waals surface area contributed by atoms with Gasteiger partial charge >= 0.3 is 0 Å². The van der Waals surface area contributed by atoms with Crippen LogP contribution in [0, 0.1) is 5.92 Å². The molecule has 0 spiro atoms. The van der Waals surface area contributed by atoms with E-state index in [1.54, 1.807) is 7.11 Å². The second-order valence-electron chi connectivity index (χ2n) is 14.1. The topological polar surface area (TPSA) is 43.4 Å². The van der Waals surface area contributed by atoms with Crippen molar-refractivity contribution in [2.45, 2.75) is 239 Å². The molecule has 44 heavy (non-hydrogen) atoms. The van der Waals surface area contributed by atoms with Gasteiger partial charge in [0.2, 0.25) is 0 Å². The maximum Gasteiger partial charge on any atom is 0.139 e. The largest absolute Gasteiger partial charge is 0.381 e. The van der Waals surface area contributed by atoms with E-state index in [4.69, 9.17) is 4.74 Å². The predicted octanol–water partition coefficient (Wildman–Crippen LogP) is 13.7. The summed E-state index contributed by atoms with van der Waals surface area (Å²) in [6, 6.07) is 0. The van der Waals surface area contributed by atoms with Gasteiger partial charge in [-0.25, -0.2) is 0 Å². The first-order valence-corrected chi connectivity index (χ1v) is 20.2. The molecular formula is C41H80O3. The summed E-state index contributed by atoms with van der Waals surface area (Å²) in [6.45, 7) is 6.81. The Labute approximate surface area is 277 Å². The molecule has 3 nitrogen and oxygen atoms in total. The minimum Gasteiger partial charge on any atom is -0.381 e. The number of ether oxygens (including phenoxy) is 1. The molecule has 0 aliphatic carbocycles. The molecule has 0 saturated heterocycles. The third-order valence-corrected chi connectivity index (χ3v) is 9.79. The molecule has 0 aromatic rings. The molecule has 0 heterocycles. The summed E-state index contributed by atoms with van der Waals surface area (Å²) in [6.07, 6.45) is 39.7. The molecule has 0 bridgehead atoms. The van der Waals surface area contributed by atoms with E-state index in [1.165, 1.54) is 154 Å². The van der Waals surface area contributed by atoms with Gasteiger partial charge in [-0.15, -0.1) is 0 Å². The second kappa shape index (κ2) is 35.2. The third-order valence-electron chi connectivity index (χ3n) is 9.79. The molecule has 3 heteroatoms. The standard InChI is InChI=1S/C41H80O3/c1-5-8-11-14-17-19-21-23-26-28-31-34-38(42)37-39(41(44-4)36-33-30-25-16-13-10-7-3)40(43)35-32-29-27-24-22-20-18-15-12-9-6-2/h39,41H,5-37H2,1-4H3. The summed E-state index contributed by atoms with van der Waals surface area (Å²) in [4.78, 5) is 26.5. The van der Waals surface area contributed by atoms with Crippen molar-refractivity contribution in [3.8, 4) is 0 Å². The van der Waals surface area contributed by atoms with Gasteiger partial charge in [0.1, 0.15) is 11.6 Å². The van der Waals surface area contributed by atoms with E-state index >= 15 is 0 Å².